The number of aromatic nitrogens is 1. The maximum atomic E-state index is 2.53. The number of hydrogen-bond donors (Lipinski definition) is 0. The normalized spacial score (nSPS) is 12.1. The van der Waals surface area contributed by atoms with Crippen LogP contribution >= 0.6 is 0 Å². The molecule has 0 bridgehead atoms. The van der Waals surface area contributed by atoms with E-state index in [1.807, 2.05) is 0 Å². The zero-order valence-corrected chi connectivity index (χ0v) is 15.9. The largest absolute Gasteiger partial charge is 0.340 e. The van der Waals surface area contributed by atoms with E-state index in [0.29, 0.717) is 0 Å². The third-order valence-electron chi connectivity index (χ3n) is 4.76. The summed E-state index contributed by atoms with van der Waals surface area (Å²) in [4.78, 5) is 0. The van der Waals surface area contributed by atoms with Crippen molar-refractivity contribution in [2.24, 2.45) is 5.41 Å². The predicted octanol–water partition coefficient (Wildman–Crippen LogP) is 6.20. The van der Waals surface area contributed by atoms with Crippen LogP contribution in [0.5, 0.6) is 0 Å². The zero-order valence-electron chi connectivity index (χ0n) is 15.9. The number of nitrogens with zero attached hydrogens (tertiary/aromatic N) is 1. The van der Waals surface area contributed by atoms with Gasteiger partial charge in [-0.05, 0) is 55.9 Å². The highest BCUT2D eigenvalue weighted by Crippen LogP contribution is 2.32. The van der Waals surface area contributed by atoms with Crippen LogP contribution in [0.1, 0.15) is 48.7 Å². The molecule has 24 heavy (non-hydrogen) atoms. The van der Waals surface area contributed by atoms with Gasteiger partial charge in [0.05, 0.1) is 0 Å². The molecule has 0 fully saturated rings. The lowest BCUT2D eigenvalue weighted by Crippen LogP contribution is -2.15. The van der Waals surface area contributed by atoms with Gasteiger partial charge in [0.1, 0.15) is 0 Å². The van der Waals surface area contributed by atoms with Gasteiger partial charge in [-0.1, -0.05) is 62.2 Å². The van der Waals surface area contributed by atoms with Crippen LogP contribution in [0.4, 0.5) is 0 Å². The Bertz CT molecular complexity index is 858. The molecule has 3 rings (SSSR count). The molecular formula is C23H29N. The molecule has 0 aliphatic rings. The van der Waals surface area contributed by atoms with Crippen molar-refractivity contribution in [3.8, 4) is 0 Å². The quantitative estimate of drug-likeness (QED) is 0.541. The second-order valence-corrected chi connectivity index (χ2v) is 8.40. The number of benzene rings is 2. The molecule has 2 aromatic carbocycles. The number of rotatable bonds is 3. The van der Waals surface area contributed by atoms with Crippen molar-refractivity contribution < 1.29 is 0 Å². The number of hydrogen-bond acceptors (Lipinski definition) is 0. The Hall–Kier alpha value is -2.02. The lowest BCUT2D eigenvalue weighted by atomic mass is 9.89. The maximum Gasteiger partial charge on any atom is 0.0488 e. The first-order valence-corrected chi connectivity index (χ1v) is 8.88. The molecule has 0 aliphatic heterocycles. The van der Waals surface area contributed by atoms with Gasteiger partial charge in [-0.2, -0.15) is 0 Å². The lowest BCUT2D eigenvalue weighted by Gasteiger charge is -2.21. The van der Waals surface area contributed by atoms with Gasteiger partial charge in [0, 0.05) is 23.1 Å². The predicted molar refractivity (Wildman–Crippen MR) is 105 cm³/mol. The van der Waals surface area contributed by atoms with Gasteiger partial charge in [0.25, 0.3) is 0 Å². The molecule has 3 aromatic rings. The fraction of sp³-hybridized carbons (Fsp3) is 0.391. The average Bonchev–Trinajstić information content (AvgIpc) is 2.73. The minimum atomic E-state index is 0.277. The van der Waals surface area contributed by atoms with E-state index in [1.165, 1.54) is 38.9 Å². The summed E-state index contributed by atoms with van der Waals surface area (Å²) < 4.78 is 2.53. The van der Waals surface area contributed by atoms with E-state index in [2.05, 4.69) is 88.6 Å². The Morgan fingerprint density at radius 3 is 2.08 bits per heavy atom. The smallest absolute Gasteiger partial charge is 0.0488 e. The van der Waals surface area contributed by atoms with Crippen LogP contribution in [-0.2, 0) is 13.0 Å². The van der Waals surface area contributed by atoms with Crippen molar-refractivity contribution in [1.82, 2.24) is 4.57 Å². The Balaban J connectivity index is 2.15. The molecular weight excluding hydrogens is 290 g/mol. The molecule has 0 amide bonds. The van der Waals surface area contributed by atoms with E-state index in [-0.39, 0.29) is 5.41 Å². The van der Waals surface area contributed by atoms with Crippen LogP contribution in [0, 0.1) is 26.2 Å². The summed E-state index contributed by atoms with van der Waals surface area (Å²) in [6, 6.07) is 15.8. The minimum Gasteiger partial charge on any atom is -0.340 e. The van der Waals surface area contributed by atoms with Gasteiger partial charge < -0.3 is 4.57 Å². The maximum absolute atomic E-state index is 2.53. The van der Waals surface area contributed by atoms with Gasteiger partial charge in [0.2, 0.25) is 0 Å². The fourth-order valence-corrected chi connectivity index (χ4v) is 3.48. The molecule has 0 atom stereocenters. The molecule has 1 heteroatoms. The summed E-state index contributed by atoms with van der Waals surface area (Å²) in [6.45, 7) is 14.5. The summed E-state index contributed by atoms with van der Waals surface area (Å²) >= 11 is 0. The zero-order chi connectivity index (χ0) is 17.5. The molecule has 0 radical (unpaired) electrons. The molecule has 126 valence electrons. The van der Waals surface area contributed by atoms with Crippen molar-refractivity contribution in [2.45, 2.75) is 54.5 Å². The summed E-state index contributed by atoms with van der Waals surface area (Å²) in [7, 11) is 0. The Labute approximate surface area is 146 Å². The van der Waals surface area contributed by atoms with E-state index in [9.17, 15) is 0 Å². The SMILES string of the molecule is Cc1ccc(Cn2c(CC(C)(C)C)c(C)c3cc(C)ccc32)cc1. The summed E-state index contributed by atoms with van der Waals surface area (Å²) in [5.74, 6) is 0. The van der Waals surface area contributed by atoms with Crippen LogP contribution in [0.15, 0.2) is 42.5 Å². The molecule has 1 aromatic heterocycles. The first-order chi connectivity index (χ1) is 11.2. The fourth-order valence-electron chi connectivity index (χ4n) is 3.48. The van der Waals surface area contributed by atoms with E-state index >= 15 is 0 Å². The number of fused-ring (bicyclic) bond motifs is 1. The third-order valence-corrected chi connectivity index (χ3v) is 4.76. The minimum absolute atomic E-state index is 0.277. The highest BCUT2D eigenvalue weighted by atomic mass is 15.0. The van der Waals surface area contributed by atoms with Crippen molar-refractivity contribution in [3.05, 3.63) is 70.4 Å². The van der Waals surface area contributed by atoms with Crippen molar-refractivity contribution in [1.29, 1.82) is 0 Å². The standard InChI is InChI=1S/C23H29N/c1-16-7-10-19(11-8-16)15-24-21-12-9-17(2)13-20(21)18(3)22(24)14-23(4,5)6/h7-13H,14-15H2,1-6H3. The molecule has 0 N–H and O–H groups in total. The van der Waals surface area contributed by atoms with Crippen LogP contribution in [0.25, 0.3) is 10.9 Å². The van der Waals surface area contributed by atoms with Gasteiger partial charge in [0.15, 0.2) is 0 Å². The Morgan fingerprint density at radius 2 is 1.46 bits per heavy atom. The monoisotopic (exact) mass is 319 g/mol. The summed E-state index contributed by atoms with van der Waals surface area (Å²) in [6.07, 6.45) is 1.10. The van der Waals surface area contributed by atoms with Crippen molar-refractivity contribution in [2.75, 3.05) is 0 Å². The third kappa shape index (κ3) is 3.40. The second-order valence-electron chi connectivity index (χ2n) is 8.40. The van der Waals surface area contributed by atoms with E-state index in [0.717, 1.165) is 13.0 Å². The Kier molecular flexibility index (Phi) is 4.29. The van der Waals surface area contributed by atoms with Crippen LogP contribution in [-0.4, -0.2) is 4.57 Å². The van der Waals surface area contributed by atoms with Crippen LogP contribution in [0.3, 0.4) is 0 Å². The average molecular weight is 319 g/mol. The van der Waals surface area contributed by atoms with E-state index in [4.69, 9.17) is 0 Å². The molecule has 0 saturated heterocycles. The van der Waals surface area contributed by atoms with Gasteiger partial charge in [-0.25, -0.2) is 0 Å². The van der Waals surface area contributed by atoms with Gasteiger partial charge in [-0.3, -0.25) is 0 Å². The van der Waals surface area contributed by atoms with Gasteiger partial charge >= 0.3 is 0 Å². The van der Waals surface area contributed by atoms with Crippen molar-refractivity contribution in [3.63, 3.8) is 0 Å². The first kappa shape index (κ1) is 16.8. The van der Waals surface area contributed by atoms with Crippen LogP contribution < -0.4 is 0 Å². The molecule has 0 unspecified atom stereocenters. The van der Waals surface area contributed by atoms with E-state index in [1.54, 1.807) is 0 Å². The van der Waals surface area contributed by atoms with Gasteiger partial charge in [-0.15, -0.1) is 0 Å². The summed E-state index contributed by atoms with van der Waals surface area (Å²) in [5.41, 5.74) is 8.57. The highest BCUT2D eigenvalue weighted by molar-refractivity contribution is 5.86. The molecule has 1 heterocycles. The summed E-state index contributed by atoms with van der Waals surface area (Å²) in [5, 5.41) is 1.40. The van der Waals surface area contributed by atoms with Crippen LogP contribution in [0.2, 0.25) is 0 Å². The molecule has 0 aliphatic carbocycles. The Morgan fingerprint density at radius 1 is 0.833 bits per heavy atom. The molecule has 1 nitrogen and oxygen atoms in total. The lowest BCUT2D eigenvalue weighted by molar-refractivity contribution is 0.399. The topological polar surface area (TPSA) is 4.93 Å². The highest BCUT2D eigenvalue weighted by Gasteiger charge is 2.20. The van der Waals surface area contributed by atoms with Crippen molar-refractivity contribution >= 4 is 10.9 Å². The number of aryl methyl sites for hydroxylation is 3. The molecule has 0 spiro atoms. The second kappa shape index (κ2) is 6.12. The molecule has 0 saturated carbocycles. The van der Waals surface area contributed by atoms with E-state index < -0.39 is 0 Å². The first-order valence-electron chi connectivity index (χ1n) is 8.88.